The Kier molecular flexibility index (Phi) is 3.19. The van der Waals surface area contributed by atoms with Gasteiger partial charge >= 0.3 is 0 Å². The number of aromatic amines is 1. The first-order valence-corrected chi connectivity index (χ1v) is 5.84. The summed E-state index contributed by atoms with van der Waals surface area (Å²) in [6.07, 6.45) is 3.92. The number of halogens is 1. The molecule has 0 bridgehead atoms. The average molecular weight is 280 g/mol. The Morgan fingerprint density at radius 2 is 2.19 bits per heavy atom. The van der Waals surface area contributed by atoms with E-state index >= 15 is 0 Å². The highest BCUT2D eigenvalue weighted by Gasteiger charge is 2.06. The molecule has 0 spiro atoms. The zero-order valence-electron chi connectivity index (χ0n) is 9.07. The van der Waals surface area contributed by atoms with Crippen molar-refractivity contribution < 1.29 is 0 Å². The lowest BCUT2D eigenvalue weighted by molar-refractivity contribution is 0.926. The van der Waals surface area contributed by atoms with Gasteiger partial charge in [-0.1, -0.05) is 15.9 Å². The molecule has 0 radical (unpaired) electrons. The lowest BCUT2D eigenvalue weighted by atomic mass is 10.2. The third-order valence-electron chi connectivity index (χ3n) is 2.48. The number of H-pyrrole nitrogens is 1. The molecule has 2 aromatic rings. The summed E-state index contributed by atoms with van der Waals surface area (Å²) in [5, 5.41) is 0. The Balaban J connectivity index is 2.17. The third kappa shape index (κ3) is 2.39. The van der Waals surface area contributed by atoms with E-state index in [1.807, 2.05) is 37.6 Å². The monoisotopic (exact) mass is 279 g/mol. The zero-order valence-corrected chi connectivity index (χ0v) is 10.7. The van der Waals surface area contributed by atoms with Crippen molar-refractivity contribution in [1.82, 2.24) is 4.98 Å². The third-order valence-corrected chi connectivity index (χ3v) is 2.98. The van der Waals surface area contributed by atoms with Crippen LogP contribution in [0.1, 0.15) is 5.56 Å². The number of hydrogen-bond acceptors (Lipinski definition) is 2. The molecule has 0 aliphatic carbocycles. The van der Waals surface area contributed by atoms with Crippen LogP contribution in [0.5, 0.6) is 0 Å². The molecule has 2 rings (SSSR count). The highest BCUT2D eigenvalue weighted by Crippen LogP contribution is 2.26. The number of aromatic nitrogens is 1. The van der Waals surface area contributed by atoms with Gasteiger partial charge in [-0.05, 0) is 29.8 Å². The molecule has 4 heteroatoms. The van der Waals surface area contributed by atoms with Crippen LogP contribution in [-0.4, -0.2) is 12.0 Å². The maximum atomic E-state index is 5.97. The van der Waals surface area contributed by atoms with Gasteiger partial charge < -0.3 is 15.6 Å². The molecule has 3 nitrogen and oxygen atoms in total. The Hall–Kier alpha value is -1.42. The molecule has 0 unspecified atom stereocenters. The first-order valence-electron chi connectivity index (χ1n) is 5.04. The van der Waals surface area contributed by atoms with E-state index < -0.39 is 0 Å². The van der Waals surface area contributed by atoms with E-state index in [4.69, 9.17) is 5.73 Å². The first-order chi connectivity index (χ1) is 7.66. The van der Waals surface area contributed by atoms with Crippen molar-refractivity contribution in [2.24, 2.45) is 0 Å². The van der Waals surface area contributed by atoms with E-state index in [0.717, 1.165) is 22.4 Å². The minimum absolute atomic E-state index is 0.785. The Morgan fingerprint density at radius 1 is 1.38 bits per heavy atom. The molecule has 0 saturated carbocycles. The average Bonchev–Trinajstić information content (AvgIpc) is 2.70. The van der Waals surface area contributed by atoms with Gasteiger partial charge in [0.2, 0.25) is 0 Å². The lowest BCUT2D eigenvalue weighted by Gasteiger charge is -2.20. The lowest BCUT2D eigenvalue weighted by Crippen LogP contribution is -2.17. The smallest absolute Gasteiger partial charge is 0.0601 e. The van der Waals surface area contributed by atoms with E-state index in [0.29, 0.717) is 0 Å². The van der Waals surface area contributed by atoms with Gasteiger partial charge in [-0.2, -0.15) is 0 Å². The van der Waals surface area contributed by atoms with Gasteiger partial charge in [-0.25, -0.2) is 0 Å². The van der Waals surface area contributed by atoms with Crippen LogP contribution >= 0.6 is 15.9 Å². The van der Waals surface area contributed by atoms with Crippen molar-refractivity contribution in [3.05, 3.63) is 46.7 Å². The minimum atomic E-state index is 0.785. The van der Waals surface area contributed by atoms with Gasteiger partial charge in [0.15, 0.2) is 0 Å². The summed E-state index contributed by atoms with van der Waals surface area (Å²) < 4.78 is 1.00. The quantitative estimate of drug-likeness (QED) is 0.849. The van der Waals surface area contributed by atoms with E-state index in [1.165, 1.54) is 5.56 Å². The predicted molar refractivity (Wildman–Crippen MR) is 71.5 cm³/mol. The van der Waals surface area contributed by atoms with Gasteiger partial charge in [-0.3, -0.25) is 0 Å². The second-order valence-corrected chi connectivity index (χ2v) is 4.69. The molecule has 1 aromatic heterocycles. The molecule has 1 aromatic carbocycles. The molecule has 0 aliphatic heterocycles. The first kappa shape index (κ1) is 11.1. The fourth-order valence-corrected chi connectivity index (χ4v) is 2.07. The topological polar surface area (TPSA) is 45.0 Å². The molecule has 3 N–H and O–H groups in total. The normalized spacial score (nSPS) is 10.4. The minimum Gasteiger partial charge on any atom is -0.397 e. The molecule has 0 atom stereocenters. The SMILES string of the molecule is CN(Cc1cc[nH]c1)c1ccc(Br)cc1N. The number of rotatable bonds is 3. The van der Waals surface area contributed by atoms with Crippen LogP contribution in [0, 0.1) is 0 Å². The van der Waals surface area contributed by atoms with E-state index in [-0.39, 0.29) is 0 Å². The Bertz CT molecular complexity index is 465. The number of nitrogen functional groups attached to an aromatic ring is 1. The maximum Gasteiger partial charge on any atom is 0.0601 e. The highest BCUT2D eigenvalue weighted by molar-refractivity contribution is 9.10. The summed E-state index contributed by atoms with van der Waals surface area (Å²) in [6, 6.07) is 8.00. The molecule has 0 aliphatic rings. The predicted octanol–water partition coefficient (Wildman–Crippen LogP) is 3.00. The number of nitrogens with zero attached hydrogens (tertiary/aromatic N) is 1. The fraction of sp³-hybridized carbons (Fsp3) is 0.167. The van der Waals surface area contributed by atoms with Crippen LogP contribution in [0.2, 0.25) is 0 Å². The van der Waals surface area contributed by atoms with Gasteiger partial charge in [-0.15, -0.1) is 0 Å². The fourth-order valence-electron chi connectivity index (χ4n) is 1.69. The summed E-state index contributed by atoms with van der Waals surface area (Å²) >= 11 is 3.40. The van der Waals surface area contributed by atoms with Gasteiger partial charge in [0.1, 0.15) is 0 Å². The van der Waals surface area contributed by atoms with Crippen molar-refractivity contribution in [2.75, 3.05) is 17.7 Å². The summed E-state index contributed by atoms with van der Waals surface area (Å²) in [5.74, 6) is 0. The van der Waals surface area contributed by atoms with Crippen molar-refractivity contribution in [1.29, 1.82) is 0 Å². The standard InChI is InChI=1S/C12H14BrN3/c1-16(8-9-4-5-15-7-9)12-3-2-10(13)6-11(12)14/h2-7,15H,8,14H2,1H3. The number of nitrogens with one attached hydrogen (secondary N) is 1. The van der Waals surface area contributed by atoms with E-state index in [1.54, 1.807) is 0 Å². The molecular weight excluding hydrogens is 266 g/mol. The van der Waals surface area contributed by atoms with Crippen molar-refractivity contribution in [2.45, 2.75) is 6.54 Å². The van der Waals surface area contributed by atoms with Crippen molar-refractivity contribution in [3.63, 3.8) is 0 Å². The molecule has 1 heterocycles. The summed E-state index contributed by atoms with van der Waals surface area (Å²) in [6.45, 7) is 0.843. The van der Waals surface area contributed by atoms with Gasteiger partial charge in [0.25, 0.3) is 0 Å². The van der Waals surface area contributed by atoms with Crippen LogP contribution in [0.4, 0.5) is 11.4 Å². The molecule has 0 amide bonds. The molecule has 0 fully saturated rings. The van der Waals surface area contributed by atoms with Crippen molar-refractivity contribution in [3.8, 4) is 0 Å². The van der Waals surface area contributed by atoms with Crippen LogP contribution < -0.4 is 10.6 Å². The molecule has 84 valence electrons. The van der Waals surface area contributed by atoms with Gasteiger partial charge in [0, 0.05) is 30.5 Å². The maximum absolute atomic E-state index is 5.97. The summed E-state index contributed by atoms with van der Waals surface area (Å²) in [7, 11) is 2.03. The zero-order chi connectivity index (χ0) is 11.5. The van der Waals surface area contributed by atoms with Crippen LogP contribution in [-0.2, 0) is 6.54 Å². The van der Waals surface area contributed by atoms with E-state index in [2.05, 4.69) is 31.9 Å². The molecule has 0 saturated heterocycles. The van der Waals surface area contributed by atoms with Crippen molar-refractivity contribution >= 4 is 27.3 Å². The second kappa shape index (κ2) is 4.61. The van der Waals surface area contributed by atoms with Crippen LogP contribution in [0.3, 0.4) is 0 Å². The number of benzene rings is 1. The summed E-state index contributed by atoms with van der Waals surface area (Å²) in [4.78, 5) is 5.17. The van der Waals surface area contributed by atoms with Gasteiger partial charge in [0.05, 0.1) is 11.4 Å². The highest BCUT2D eigenvalue weighted by atomic mass is 79.9. The largest absolute Gasteiger partial charge is 0.397 e. The Morgan fingerprint density at radius 3 is 2.81 bits per heavy atom. The van der Waals surface area contributed by atoms with Crippen LogP contribution in [0.25, 0.3) is 0 Å². The number of nitrogens with two attached hydrogens (primary N) is 1. The molecule has 16 heavy (non-hydrogen) atoms. The van der Waals surface area contributed by atoms with E-state index in [9.17, 15) is 0 Å². The Labute approximate surface area is 103 Å². The molecular formula is C12H14BrN3. The number of anilines is 2. The second-order valence-electron chi connectivity index (χ2n) is 3.78. The van der Waals surface area contributed by atoms with Crippen LogP contribution in [0.15, 0.2) is 41.1 Å². The number of hydrogen-bond donors (Lipinski definition) is 2. The summed E-state index contributed by atoms with van der Waals surface area (Å²) in [5.41, 5.74) is 9.04.